The predicted octanol–water partition coefficient (Wildman–Crippen LogP) is 0.954. The van der Waals surface area contributed by atoms with Crippen LogP contribution in [0.2, 0.25) is 0 Å². The van der Waals surface area contributed by atoms with Crippen LogP contribution in [0.15, 0.2) is 30.3 Å². The van der Waals surface area contributed by atoms with E-state index < -0.39 is 6.09 Å². The molecule has 0 unspecified atom stereocenters. The number of carbonyl (C=O) groups excluding carboxylic acids is 2. The van der Waals surface area contributed by atoms with E-state index in [9.17, 15) is 9.59 Å². The van der Waals surface area contributed by atoms with Crippen LogP contribution >= 0.6 is 0 Å². The minimum atomic E-state index is -0.589. The van der Waals surface area contributed by atoms with E-state index in [-0.39, 0.29) is 11.8 Å². The maximum atomic E-state index is 11.3. The highest BCUT2D eigenvalue weighted by molar-refractivity contribution is 5.84. The highest BCUT2D eigenvalue weighted by atomic mass is 16.6. The standard InChI is InChI=1S/C12H14N4O3/c1-8(17)14-15-16-10-6-4-3-5-9(10)7-11(16)19-12(18)13-2/h3-7,15H,1-2H3,(H,13,18)(H,14,17). The van der Waals surface area contributed by atoms with Gasteiger partial charge in [0.15, 0.2) is 0 Å². The van der Waals surface area contributed by atoms with Gasteiger partial charge in [-0.1, -0.05) is 18.2 Å². The van der Waals surface area contributed by atoms with E-state index in [1.165, 1.54) is 18.6 Å². The highest BCUT2D eigenvalue weighted by Gasteiger charge is 2.12. The minimum Gasteiger partial charge on any atom is -0.391 e. The van der Waals surface area contributed by atoms with E-state index in [1.807, 2.05) is 24.3 Å². The summed E-state index contributed by atoms with van der Waals surface area (Å²) >= 11 is 0. The molecule has 0 spiro atoms. The van der Waals surface area contributed by atoms with E-state index in [0.29, 0.717) is 0 Å². The maximum absolute atomic E-state index is 11.3. The molecule has 2 aromatic rings. The summed E-state index contributed by atoms with van der Waals surface area (Å²) in [6.07, 6.45) is -0.589. The number of nitrogens with one attached hydrogen (secondary N) is 3. The normalized spacial score (nSPS) is 10.0. The van der Waals surface area contributed by atoms with E-state index in [4.69, 9.17) is 4.74 Å². The van der Waals surface area contributed by atoms with Gasteiger partial charge in [-0.25, -0.2) is 15.0 Å². The molecule has 100 valence electrons. The molecule has 1 aromatic carbocycles. The van der Waals surface area contributed by atoms with Crippen molar-refractivity contribution < 1.29 is 14.3 Å². The first kappa shape index (κ1) is 12.7. The Hall–Kier alpha value is -2.70. The van der Waals surface area contributed by atoms with Crippen LogP contribution in [0.1, 0.15) is 6.92 Å². The number of fused-ring (bicyclic) bond motifs is 1. The average molecular weight is 262 g/mol. The molecule has 0 aliphatic rings. The Morgan fingerprint density at radius 2 is 2.00 bits per heavy atom. The first-order chi connectivity index (χ1) is 9.11. The number of para-hydroxylation sites is 1. The number of hydrogen-bond donors (Lipinski definition) is 3. The zero-order valence-electron chi connectivity index (χ0n) is 10.6. The van der Waals surface area contributed by atoms with Gasteiger partial charge >= 0.3 is 6.09 Å². The predicted molar refractivity (Wildman–Crippen MR) is 70.2 cm³/mol. The van der Waals surface area contributed by atoms with Crippen LogP contribution in [0.5, 0.6) is 5.88 Å². The Balaban J connectivity index is 2.39. The van der Waals surface area contributed by atoms with Crippen molar-refractivity contribution in [2.75, 3.05) is 12.6 Å². The second-order valence-corrected chi connectivity index (χ2v) is 3.81. The number of nitrogens with zero attached hydrogens (tertiary/aromatic N) is 1. The van der Waals surface area contributed by atoms with Gasteiger partial charge in [0.05, 0.1) is 5.52 Å². The van der Waals surface area contributed by atoms with Crippen molar-refractivity contribution in [3.8, 4) is 5.88 Å². The van der Waals surface area contributed by atoms with Crippen LogP contribution in [0.25, 0.3) is 10.9 Å². The molecule has 7 nitrogen and oxygen atoms in total. The Morgan fingerprint density at radius 1 is 1.26 bits per heavy atom. The molecule has 0 aliphatic carbocycles. The maximum Gasteiger partial charge on any atom is 0.413 e. The van der Waals surface area contributed by atoms with Crippen LogP contribution in [0.4, 0.5) is 4.79 Å². The molecule has 1 aromatic heterocycles. The summed E-state index contributed by atoms with van der Waals surface area (Å²) in [6.45, 7) is 1.37. The molecule has 19 heavy (non-hydrogen) atoms. The Labute approximate surface area is 109 Å². The Kier molecular flexibility index (Phi) is 3.56. The summed E-state index contributed by atoms with van der Waals surface area (Å²) < 4.78 is 6.59. The summed E-state index contributed by atoms with van der Waals surface area (Å²) in [6, 6.07) is 9.12. The molecule has 2 amide bonds. The van der Waals surface area contributed by atoms with Gasteiger partial charge in [-0.05, 0) is 6.07 Å². The molecule has 0 radical (unpaired) electrons. The van der Waals surface area contributed by atoms with E-state index in [0.717, 1.165) is 10.9 Å². The Morgan fingerprint density at radius 3 is 2.68 bits per heavy atom. The lowest BCUT2D eigenvalue weighted by atomic mass is 10.2. The molecule has 7 heteroatoms. The zero-order valence-corrected chi connectivity index (χ0v) is 10.6. The fourth-order valence-electron chi connectivity index (χ4n) is 1.60. The number of benzene rings is 1. The topological polar surface area (TPSA) is 84.4 Å². The molecule has 0 fully saturated rings. The fourth-order valence-corrected chi connectivity index (χ4v) is 1.60. The third-order valence-corrected chi connectivity index (χ3v) is 2.42. The van der Waals surface area contributed by atoms with Crippen molar-refractivity contribution in [2.45, 2.75) is 6.92 Å². The van der Waals surface area contributed by atoms with Crippen molar-refractivity contribution >= 4 is 22.9 Å². The monoisotopic (exact) mass is 262 g/mol. The molecule has 0 aliphatic heterocycles. The molecular weight excluding hydrogens is 248 g/mol. The van der Waals surface area contributed by atoms with Gasteiger partial charge in [0.1, 0.15) is 0 Å². The van der Waals surface area contributed by atoms with Crippen LogP contribution in [-0.2, 0) is 4.79 Å². The van der Waals surface area contributed by atoms with Gasteiger partial charge in [-0.2, -0.15) is 0 Å². The highest BCUT2D eigenvalue weighted by Crippen LogP contribution is 2.23. The molecule has 0 atom stereocenters. The molecular formula is C12H14N4O3. The van der Waals surface area contributed by atoms with Crippen LogP contribution in [0.3, 0.4) is 0 Å². The number of hydrogen-bond acceptors (Lipinski definition) is 4. The molecule has 0 saturated heterocycles. The first-order valence-corrected chi connectivity index (χ1v) is 5.64. The number of carbonyl (C=O) groups is 2. The molecule has 0 saturated carbocycles. The largest absolute Gasteiger partial charge is 0.413 e. The van der Waals surface area contributed by atoms with Crippen molar-refractivity contribution in [1.82, 2.24) is 15.4 Å². The molecule has 1 heterocycles. The van der Waals surface area contributed by atoms with Gasteiger partial charge in [0.25, 0.3) is 0 Å². The van der Waals surface area contributed by atoms with E-state index >= 15 is 0 Å². The summed E-state index contributed by atoms with van der Waals surface area (Å²) in [5.74, 6) is 0.0120. The lowest BCUT2D eigenvalue weighted by Gasteiger charge is -2.12. The van der Waals surface area contributed by atoms with Crippen molar-refractivity contribution in [3.63, 3.8) is 0 Å². The number of hydrazine groups is 1. The van der Waals surface area contributed by atoms with Crippen LogP contribution in [-0.4, -0.2) is 23.7 Å². The molecule has 2 rings (SSSR count). The van der Waals surface area contributed by atoms with E-state index in [1.54, 1.807) is 6.07 Å². The number of rotatable bonds is 3. The second kappa shape index (κ2) is 5.30. The zero-order chi connectivity index (χ0) is 13.8. The minimum absolute atomic E-state index is 0.260. The van der Waals surface area contributed by atoms with E-state index in [2.05, 4.69) is 16.3 Å². The first-order valence-electron chi connectivity index (χ1n) is 5.64. The summed E-state index contributed by atoms with van der Waals surface area (Å²) in [5, 5.41) is 3.23. The number of ether oxygens (including phenoxy) is 1. The van der Waals surface area contributed by atoms with Crippen molar-refractivity contribution in [1.29, 1.82) is 0 Å². The fraction of sp³-hybridized carbons (Fsp3) is 0.167. The lowest BCUT2D eigenvalue weighted by molar-refractivity contribution is -0.118. The molecule has 0 bridgehead atoms. The lowest BCUT2D eigenvalue weighted by Crippen LogP contribution is -2.35. The second-order valence-electron chi connectivity index (χ2n) is 3.81. The third kappa shape index (κ3) is 2.76. The average Bonchev–Trinajstić information content (AvgIpc) is 2.73. The van der Waals surface area contributed by atoms with Crippen LogP contribution < -0.4 is 21.0 Å². The quantitative estimate of drug-likeness (QED) is 0.719. The SMILES string of the molecule is CNC(=O)Oc1cc2ccccc2n1NNC(C)=O. The van der Waals surface area contributed by atoms with Crippen molar-refractivity contribution in [2.24, 2.45) is 0 Å². The number of aromatic nitrogens is 1. The van der Waals surface area contributed by atoms with Gasteiger partial charge in [0, 0.05) is 25.4 Å². The third-order valence-electron chi connectivity index (χ3n) is 2.42. The summed E-state index contributed by atoms with van der Waals surface area (Å²) in [7, 11) is 1.47. The van der Waals surface area contributed by atoms with Gasteiger partial charge < -0.3 is 10.1 Å². The summed E-state index contributed by atoms with van der Waals surface area (Å²) in [4.78, 5) is 22.2. The van der Waals surface area contributed by atoms with Gasteiger partial charge in [0.2, 0.25) is 11.8 Å². The van der Waals surface area contributed by atoms with Gasteiger partial charge in [-0.3, -0.25) is 10.2 Å². The summed E-state index contributed by atoms with van der Waals surface area (Å²) in [5.41, 5.74) is 5.88. The molecule has 3 N–H and O–H groups in total. The number of amides is 2. The van der Waals surface area contributed by atoms with Crippen LogP contribution in [0, 0.1) is 0 Å². The Bertz CT molecular complexity index is 620. The smallest absolute Gasteiger partial charge is 0.391 e. The van der Waals surface area contributed by atoms with Gasteiger partial charge in [-0.15, -0.1) is 0 Å². The van der Waals surface area contributed by atoms with Crippen molar-refractivity contribution in [3.05, 3.63) is 30.3 Å².